The summed E-state index contributed by atoms with van der Waals surface area (Å²) in [7, 11) is -1.80. The van der Waals surface area contributed by atoms with Crippen LogP contribution in [0.4, 0.5) is 30.5 Å². The molecule has 1 aromatic carbocycles. The Bertz CT molecular complexity index is 1290. The number of sulfonamides is 1. The van der Waals surface area contributed by atoms with Crippen molar-refractivity contribution in [2.75, 3.05) is 23.9 Å². The zero-order chi connectivity index (χ0) is 29.1. The van der Waals surface area contributed by atoms with Gasteiger partial charge in [-0.1, -0.05) is 26.7 Å². The first-order valence-electron chi connectivity index (χ1n) is 13.1. The molecule has 1 aromatic heterocycles. The monoisotopic (exact) mass is 569 g/mol. The lowest BCUT2D eigenvalue weighted by Crippen LogP contribution is -2.46. The second-order valence-corrected chi connectivity index (χ2v) is 12.8. The number of anilines is 3. The van der Waals surface area contributed by atoms with Crippen LogP contribution in [0.3, 0.4) is 0 Å². The minimum atomic E-state index is -4.61. The minimum absolute atomic E-state index is 0.0315. The van der Waals surface area contributed by atoms with Gasteiger partial charge in [0.25, 0.3) is 0 Å². The van der Waals surface area contributed by atoms with Crippen molar-refractivity contribution in [3.05, 3.63) is 41.2 Å². The van der Waals surface area contributed by atoms with E-state index in [2.05, 4.69) is 20.6 Å². The number of halogens is 3. The van der Waals surface area contributed by atoms with Crippen molar-refractivity contribution in [1.29, 1.82) is 0 Å². The van der Waals surface area contributed by atoms with E-state index in [-0.39, 0.29) is 47.8 Å². The fourth-order valence-corrected chi connectivity index (χ4v) is 6.19. The van der Waals surface area contributed by atoms with Crippen LogP contribution in [0.25, 0.3) is 0 Å². The third kappa shape index (κ3) is 7.91. The molecule has 2 aromatic rings. The highest BCUT2D eigenvalue weighted by Gasteiger charge is 2.39. The van der Waals surface area contributed by atoms with Gasteiger partial charge in [-0.15, -0.1) is 0 Å². The molecular formula is C27H38F3N5O3S. The van der Waals surface area contributed by atoms with E-state index in [4.69, 9.17) is 0 Å². The Morgan fingerprint density at radius 2 is 1.87 bits per heavy atom. The number of nitrogens with one attached hydrogen (secondary N) is 2. The highest BCUT2D eigenvalue weighted by molar-refractivity contribution is 7.88. The van der Waals surface area contributed by atoms with Gasteiger partial charge in [-0.05, 0) is 67.7 Å². The smallest absolute Gasteiger partial charge is 0.326 e. The predicted octanol–water partition coefficient (Wildman–Crippen LogP) is 5.77. The molecule has 12 heteroatoms. The van der Waals surface area contributed by atoms with Crippen LogP contribution in [-0.2, 0) is 27.4 Å². The standard InChI is InChI=1S/C27H38F3N5O3S/c1-16(18(3)21-9-7-8-10-25(21)35(5)39(6,37)38)14-24-22(27(28,29)30)15-31-26(34-24)33-20-11-12-23(17(2)13-20)32-19(4)36/h11-13,15-16,18,21,25H,7-10,14H2,1-6H3,(H,32,36)(H,31,33,34). The number of rotatable bonds is 9. The highest BCUT2D eigenvalue weighted by atomic mass is 32.2. The van der Waals surface area contributed by atoms with Crippen LogP contribution in [0.1, 0.15) is 63.3 Å². The molecule has 0 bridgehead atoms. The van der Waals surface area contributed by atoms with Crippen LogP contribution >= 0.6 is 0 Å². The summed E-state index contributed by atoms with van der Waals surface area (Å²) >= 11 is 0. The van der Waals surface area contributed by atoms with Gasteiger partial charge in [0, 0.05) is 37.6 Å². The van der Waals surface area contributed by atoms with Gasteiger partial charge in [-0.3, -0.25) is 4.79 Å². The van der Waals surface area contributed by atoms with Gasteiger partial charge in [0.05, 0.1) is 17.5 Å². The molecule has 1 fully saturated rings. The van der Waals surface area contributed by atoms with Gasteiger partial charge in [-0.2, -0.15) is 13.2 Å². The molecular weight excluding hydrogens is 531 g/mol. The molecule has 4 atom stereocenters. The summed E-state index contributed by atoms with van der Waals surface area (Å²) in [6.45, 7) is 7.11. The Morgan fingerprint density at radius 1 is 1.21 bits per heavy atom. The minimum Gasteiger partial charge on any atom is -0.326 e. The molecule has 0 aliphatic heterocycles. The first kappa shape index (κ1) is 30.8. The van der Waals surface area contributed by atoms with E-state index in [1.54, 1.807) is 32.2 Å². The number of hydrogen-bond donors (Lipinski definition) is 2. The maximum absolute atomic E-state index is 13.9. The third-order valence-corrected chi connectivity index (χ3v) is 9.14. The lowest BCUT2D eigenvalue weighted by molar-refractivity contribution is -0.138. The molecule has 39 heavy (non-hydrogen) atoms. The van der Waals surface area contributed by atoms with Gasteiger partial charge in [0.1, 0.15) is 0 Å². The number of carbonyl (C=O) groups excluding carboxylic acids is 1. The fourth-order valence-electron chi connectivity index (χ4n) is 5.43. The number of benzene rings is 1. The maximum Gasteiger partial charge on any atom is 0.419 e. The number of aromatic nitrogens is 2. The molecule has 1 aliphatic rings. The van der Waals surface area contributed by atoms with Crippen LogP contribution in [0.5, 0.6) is 0 Å². The molecule has 1 aliphatic carbocycles. The summed E-state index contributed by atoms with van der Waals surface area (Å²) in [5.41, 5.74) is 0.994. The van der Waals surface area contributed by atoms with Crippen molar-refractivity contribution in [2.45, 2.75) is 72.0 Å². The number of amides is 1. The molecule has 0 radical (unpaired) electrons. The Morgan fingerprint density at radius 3 is 2.46 bits per heavy atom. The molecule has 3 rings (SSSR count). The average Bonchev–Trinajstić information content (AvgIpc) is 2.83. The Kier molecular flexibility index (Phi) is 9.64. The number of aryl methyl sites for hydroxylation is 1. The summed E-state index contributed by atoms with van der Waals surface area (Å²) in [5.74, 6) is -0.355. The van der Waals surface area contributed by atoms with E-state index >= 15 is 0 Å². The first-order chi connectivity index (χ1) is 18.1. The SMILES string of the molecule is CC(=O)Nc1ccc(Nc2ncc(C(F)(F)F)c(CC(C)C(C)C3CCCCC3N(C)S(C)(=O)=O)n2)cc1C. The van der Waals surface area contributed by atoms with Crippen molar-refractivity contribution >= 4 is 33.3 Å². The van der Waals surface area contributed by atoms with Crippen molar-refractivity contribution in [2.24, 2.45) is 17.8 Å². The number of carbonyl (C=O) groups is 1. The van der Waals surface area contributed by atoms with Gasteiger partial charge < -0.3 is 10.6 Å². The second kappa shape index (κ2) is 12.2. The van der Waals surface area contributed by atoms with Crippen molar-refractivity contribution in [1.82, 2.24) is 14.3 Å². The Balaban J connectivity index is 1.85. The van der Waals surface area contributed by atoms with Gasteiger partial charge in [0.2, 0.25) is 21.9 Å². The lowest BCUT2D eigenvalue weighted by atomic mass is 9.71. The molecule has 216 valence electrons. The zero-order valence-electron chi connectivity index (χ0n) is 23.3. The quantitative estimate of drug-likeness (QED) is 0.397. The number of nitrogens with zero attached hydrogens (tertiary/aromatic N) is 3. The largest absolute Gasteiger partial charge is 0.419 e. The van der Waals surface area contributed by atoms with E-state index in [0.29, 0.717) is 11.4 Å². The van der Waals surface area contributed by atoms with Crippen LogP contribution in [0.15, 0.2) is 24.4 Å². The topological polar surface area (TPSA) is 104 Å². The molecule has 0 saturated heterocycles. The van der Waals surface area contributed by atoms with Crippen LogP contribution in [-0.4, -0.2) is 47.9 Å². The molecule has 4 unspecified atom stereocenters. The zero-order valence-corrected chi connectivity index (χ0v) is 24.1. The molecule has 1 amide bonds. The first-order valence-corrected chi connectivity index (χ1v) is 14.9. The van der Waals surface area contributed by atoms with Crippen molar-refractivity contribution in [3.8, 4) is 0 Å². The lowest BCUT2D eigenvalue weighted by Gasteiger charge is -2.41. The predicted molar refractivity (Wildman–Crippen MR) is 146 cm³/mol. The molecule has 8 nitrogen and oxygen atoms in total. The second-order valence-electron chi connectivity index (χ2n) is 10.7. The normalized spacial score (nSPS) is 19.9. The highest BCUT2D eigenvalue weighted by Crippen LogP contribution is 2.39. The van der Waals surface area contributed by atoms with Crippen molar-refractivity contribution < 1.29 is 26.4 Å². The summed E-state index contributed by atoms with van der Waals surface area (Å²) < 4.78 is 67.6. The number of hydrogen-bond acceptors (Lipinski definition) is 6. The van der Waals surface area contributed by atoms with Crippen LogP contribution in [0.2, 0.25) is 0 Å². The summed E-state index contributed by atoms with van der Waals surface area (Å²) in [6.07, 6.45) is 0.899. The van der Waals surface area contributed by atoms with Gasteiger partial charge >= 0.3 is 6.18 Å². The van der Waals surface area contributed by atoms with E-state index < -0.39 is 21.8 Å². The van der Waals surface area contributed by atoms with E-state index in [1.807, 2.05) is 13.8 Å². The average molecular weight is 570 g/mol. The van der Waals surface area contributed by atoms with Crippen molar-refractivity contribution in [3.63, 3.8) is 0 Å². The summed E-state index contributed by atoms with van der Waals surface area (Å²) in [6, 6.07) is 4.95. The Hall–Kier alpha value is -2.73. The van der Waals surface area contributed by atoms with Gasteiger partial charge in [0.15, 0.2) is 0 Å². The molecule has 0 spiro atoms. The molecule has 1 heterocycles. The Labute approximate surface area is 228 Å². The van der Waals surface area contributed by atoms with E-state index in [0.717, 1.165) is 37.4 Å². The van der Waals surface area contributed by atoms with Crippen LogP contribution < -0.4 is 10.6 Å². The number of alkyl halides is 3. The van der Waals surface area contributed by atoms with Crippen LogP contribution in [0, 0.1) is 24.7 Å². The summed E-state index contributed by atoms with van der Waals surface area (Å²) in [4.78, 5) is 19.6. The maximum atomic E-state index is 13.9. The summed E-state index contributed by atoms with van der Waals surface area (Å²) in [5, 5.41) is 5.69. The molecule has 1 saturated carbocycles. The van der Waals surface area contributed by atoms with E-state index in [9.17, 15) is 26.4 Å². The van der Waals surface area contributed by atoms with Gasteiger partial charge in [-0.25, -0.2) is 22.7 Å². The van der Waals surface area contributed by atoms with E-state index in [1.165, 1.54) is 17.5 Å². The molecule has 2 N–H and O–H groups in total. The third-order valence-electron chi connectivity index (χ3n) is 7.83. The fraction of sp³-hybridized carbons (Fsp3) is 0.593.